The summed E-state index contributed by atoms with van der Waals surface area (Å²) in [7, 11) is 0. The molecule has 2 unspecified atom stereocenters. The van der Waals surface area contributed by atoms with Gasteiger partial charge in [-0.15, -0.1) is 0 Å². The number of hydrogen-bond acceptors (Lipinski definition) is 3. The maximum absolute atomic E-state index is 4.68. The number of nitrogens with zero attached hydrogens (tertiary/aromatic N) is 3. The molecule has 1 saturated carbocycles. The minimum atomic E-state index is 0.452. The fourth-order valence-corrected chi connectivity index (χ4v) is 2.94. The van der Waals surface area contributed by atoms with Crippen LogP contribution in [0.3, 0.4) is 0 Å². The standard InChI is InChI=1S/C15H26N4/c1-11(2)19-7-6-14(17-19)9-18-10-15(13-4-5-13)16-8-12(18)3/h6-7,11-13,15-16H,4-5,8-10H2,1-3H3. The van der Waals surface area contributed by atoms with Crippen molar-refractivity contribution in [2.45, 2.75) is 58.3 Å². The first-order valence-corrected chi connectivity index (χ1v) is 7.65. The number of rotatable bonds is 4. The fourth-order valence-electron chi connectivity index (χ4n) is 2.94. The van der Waals surface area contributed by atoms with E-state index in [2.05, 4.69) is 53.0 Å². The zero-order valence-electron chi connectivity index (χ0n) is 12.3. The van der Waals surface area contributed by atoms with Crippen molar-refractivity contribution in [3.63, 3.8) is 0 Å². The van der Waals surface area contributed by atoms with Gasteiger partial charge in [-0.05, 0) is 45.6 Å². The maximum Gasteiger partial charge on any atom is 0.0765 e. The normalized spacial score (nSPS) is 29.1. The van der Waals surface area contributed by atoms with E-state index in [9.17, 15) is 0 Å². The second-order valence-electron chi connectivity index (χ2n) is 6.51. The van der Waals surface area contributed by atoms with E-state index < -0.39 is 0 Å². The van der Waals surface area contributed by atoms with Crippen LogP contribution >= 0.6 is 0 Å². The highest BCUT2D eigenvalue weighted by atomic mass is 15.3. The Morgan fingerprint density at radius 3 is 2.84 bits per heavy atom. The molecule has 1 saturated heterocycles. The van der Waals surface area contributed by atoms with Gasteiger partial charge < -0.3 is 5.32 Å². The molecule has 106 valence electrons. The molecule has 19 heavy (non-hydrogen) atoms. The molecule has 0 spiro atoms. The average molecular weight is 262 g/mol. The second kappa shape index (κ2) is 5.25. The number of piperazine rings is 1. The molecular weight excluding hydrogens is 236 g/mol. The quantitative estimate of drug-likeness (QED) is 0.901. The first kappa shape index (κ1) is 13.1. The maximum atomic E-state index is 4.68. The third-order valence-corrected chi connectivity index (χ3v) is 4.48. The van der Waals surface area contributed by atoms with Crippen molar-refractivity contribution in [2.75, 3.05) is 13.1 Å². The summed E-state index contributed by atoms with van der Waals surface area (Å²) < 4.78 is 2.06. The van der Waals surface area contributed by atoms with Crippen LogP contribution in [-0.2, 0) is 6.54 Å². The van der Waals surface area contributed by atoms with Crippen LogP contribution in [0.2, 0.25) is 0 Å². The SMILES string of the molecule is CC1CNC(C2CC2)CN1Cc1ccn(C(C)C)n1. The van der Waals surface area contributed by atoms with Crippen LogP contribution in [0.5, 0.6) is 0 Å². The second-order valence-corrected chi connectivity index (χ2v) is 6.51. The van der Waals surface area contributed by atoms with E-state index >= 15 is 0 Å². The summed E-state index contributed by atoms with van der Waals surface area (Å²) in [6.45, 7) is 9.95. The van der Waals surface area contributed by atoms with Crippen LogP contribution < -0.4 is 5.32 Å². The molecule has 1 aliphatic heterocycles. The molecule has 2 aliphatic rings. The molecule has 2 fully saturated rings. The molecular formula is C15H26N4. The minimum absolute atomic E-state index is 0.452. The Labute approximate surface area is 116 Å². The molecule has 4 nitrogen and oxygen atoms in total. The Kier molecular flexibility index (Phi) is 3.63. The molecule has 0 radical (unpaired) electrons. The van der Waals surface area contributed by atoms with Gasteiger partial charge in [0.05, 0.1) is 5.69 Å². The lowest BCUT2D eigenvalue weighted by atomic mass is 10.1. The highest BCUT2D eigenvalue weighted by Crippen LogP contribution is 2.34. The highest BCUT2D eigenvalue weighted by molar-refractivity contribution is 5.02. The van der Waals surface area contributed by atoms with Crippen molar-refractivity contribution in [1.29, 1.82) is 0 Å². The number of nitrogens with one attached hydrogen (secondary N) is 1. The molecule has 2 atom stereocenters. The van der Waals surface area contributed by atoms with Gasteiger partial charge in [-0.25, -0.2) is 0 Å². The molecule has 1 aromatic heterocycles. The van der Waals surface area contributed by atoms with Crippen molar-refractivity contribution in [3.05, 3.63) is 18.0 Å². The largest absolute Gasteiger partial charge is 0.311 e. The smallest absolute Gasteiger partial charge is 0.0765 e. The van der Waals surface area contributed by atoms with Gasteiger partial charge >= 0.3 is 0 Å². The van der Waals surface area contributed by atoms with Crippen molar-refractivity contribution >= 4 is 0 Å². The average Bonchev–Trinajstić information content (AvgIpc) is 3.12. The first-order valence-electron chi connectivity index (χ1n) is 7.65. The summed E-state index contributed by atoms with van der Waals surface area (Å²) in [5.41, 5.74) is 1.21. The van der Waals surface area contributed by atoms with Crippen molar-refractivity contribution < 1.29 is 0 Å². The highest BCUT2D eigenvalue weighted by Gasteiger charge is 2.36. The molecule has 1 aliphatic carbocycles. The lowest BCUT2D eigenvalue weighted by Crippen LogP contribution is -2.55. The summed E-state index contributed by atoms with van der Waals surface area (Å²) in [5, 5.41) is 8.38. The molecule has 0 amide bonds. The van der Waals surface area contributed by atoms with E-state index in [1.54, 1.807) is 0 Å². The molecule has 4 heteroatoms. The van der Waals surface area contributed by atoms with Crippen LogP contribution in [0, 0.1) is 5.92 Å². The van der Waals surface area contributed by atoms with E-state index in [4.69, 9.17) is 0 Å². The van der Waals surface area contributed by atoms with Crippen LogP contribution in [0.15, 0.2) is 12.3 Å². The van der Waals surface area contributed by atoms with Gasteiger partial charge in [0.1, 0.15) is 0 Å². The first-order chi connectivity index (χ1) is 9.13. The van der Waals surface area contributed by atoms with E-state index in [0.29, 0.717) is 18.1 Å². The third-order valence-electron chi connectivity index (χ3n) is 4.48. The number of aromatic nitrogens is 2. The van der Waals surface area contributed by atoms with Crippen molar-refractivity contribution in [1.82, 2.24) is 20.0 Å². The molecule has 1 aromatic rings. The van der Waals surface area contributed by atoms with Gasteiger partial charge in [0.2, 0.25) is 0 Å². The van der Waals surface area contributed by atoms with Crippen LogP contribution in [0.4, 0.5) is 0 Å². The molecule has 2 heterocycles. The predicted octanol–water partition coefficient (Wildman–Crippen LogP) is 2.04. The summed E-state index contributed by atoms with van der Waals surface area (Å²) >= 11 is 0. The minimum Gasteiger partial charge on any atom is -0.311 e. The third kappa shape index (κ3) is 3.00. The molecule has 0 aromatic carbocycles. The Morgan fingerprint density at radius 1 is 1.42 bits per heavy atom. The van der Waals surface area contributed by atoms with Crippen LogP contribution in [0.1, 0.15) is 45.3 Å². The van der Waals surface area contributed by atoms with E-state index in [-0.39, 0.29) is 0 Å². The van der Waals surface area contributed by atoms with Gasteiger partial charge in [-0.3, -0.25) is 9.58 Å². The predicted molar refractivity (Wildman–Crippen MR) is 77.0 cm³/mol. The van der Waals surface area contributed by atoms with Gasteiger partial charge in [-0.2, -0.15) is 5.10 Å². The summed E-state index contributed by atoms with van der Waals surface area (Å²) in [5.74, 6) is 0.934. The zero-order chi connectivity index (χ0) is 13.4. The van der Waals surface area contributed by atoms with Crippen molar-refractivity contribution in [3.8, 4) is 0 Å². The van der Waals surface area contributed by atoms with Crippen LogP contribution in [-0.4, -0.2) is 39.9 Å². The zero-order valence-corrected chi connectivity index (χ0v) is 12.3. The molecule has 3 rings (SSSR count). The van der Waals surface area contributed by atoms with E-state index in [1.165, 1.54) is 25.1 Å². The summed E-state index contributed by atoms with van der Waals surface area (Å²) in [4.78, 5) is 2.59. The summed E-state index contributed by atoms with van der Waals surface area (Å²) in [6, 6.07) is 3.94. The monoisotopic (exact) mass is 262 g/mol. The Morgan fingerprint density at radius 2 is 2.21 bits per heavy atom. The fraction of sp³-hybridized carbons (Fsp3) is 0.800. The van der Waals surface area contributed by atoms with Gasteiger partial charge in [0.15, 0.2) is 0 Å². The Bertz CT molecular complexity index is 422. The van der Waals surface area contributed by atoms with Gasteiger partial charge in [-0.1, -0.05) is 0 Å². The Hall–Kier alpha value is -0.870. The lowest BCUT2D eigenvalue weighted by Gasteiger charge is -2.38. The summed E-state index contributed by atoms with van der Waals surface area (Å²) in [6.07, 6.45) is 4.94. The van der Waals surface area contributed by atoms with Gasteiger partial charge in [0.25, 0.3) is 0 Å². The van der Waals surface area contributed by atoms with Crippen molar-refractivity contribution in [2.24, 2.45) is 5.92 Å². The lowest BCUT2D eigenvalue weighted by molar-refractivity contribution is 0.123. The topological polar surface area (TPSA) is 33.1 Å². The van der Waals surface area contributed by atoms with E-state index in [1.807, 2.05) is 0 Å². The Balaban J connectivity index is 1.62. The number of hydrogen-bond donors (Lipinski definition) is 1. The van der Waals surface area contributed by atoms with Gasteiger partial charge in [0, 0.05) is 44.0 Å². The molecule has 0 bridgehead atoms. The molecule has 1 N–H and O–H groups in total. The van der Waals surface area contributed by atoms with Crippen LogP contribution in [0.25, 0.3) is 0 Å². The van der Waals surface area contributed by atoms with E-state index in [0.717, 1.165) is 19.0 Å².